The fraction of sp³-hybridized carbons (Fsp3) is 0.545. The van der Waals surface area contributed by atoms with Gasteiger partial charge in [0.25, 0.3) is 5.56 Å². The SMILES string of the molecule is COCCCNC(=O)C(C)n1cnc(Cl)c(Br)c1=O. The molecule has 19 heavy (non-hydrogen) atoms. The Hall–Kier alpha value is -0.920. The number of aromatic nitrogens is 2. The molecule has 8 heteroatoms. The molecule has 0 aliphatic rings. The van der Waals surface area contributed by atoms with Crippen molar-refractivity contribution in [3.63, 3.8) is 0 Å². The van der Waals surface area contributed by atoms with Crippen LogP contribution in [-0.4, -0.2) is 35.7 Å². The maximum absolute atomic E-state index is 11.9. The second kappa shape index (κ2) is 7.62. The molecule has 0 saturated heterocycles. The van der Waals surface area contributed by atoms with E-state index in [1.165, 1.54) is 10.9 Å². The molecule has 1 atom stereocenters. The van der Waals surface area contributed by atoms with Crippen molar-refractivity contribution in [2.24, 2.45) is 0 Å². The van der Waals surface area contributed by atoms with E-state index in [1.54, 1.807) is 14.0 Å². The predicted octanol–water partition coefficient (Wildman–Crippen LogP) is 1.37. The van der Waals surface area contributed by atoms with Gasteiger partial charge < -0.3 is 10.1 Å². The summed E-state index contributed by atoms with van der Waals surface area (Å²) in [7, 11) is 1.60. The first-order chi connectivity index (χ1) is 8.99. The number of rotatable bonds is 6. The number of halogens is 2. The van der Waals surface area contributed by atoms with Crippen LogP contribution in [0.5, 0.6) is 0 Å². The number of carbonyl (C=O) groups excluding carboxylic acids is 1. The topological polar surface area (TPSA) is 73.2 Å². The summed E-state index contributed by atoms with van der Waals surface area (Å²) in [5.74, 6) is -0.255. The van der Waals surface area contributed by atoms with E-state index in [0.29, 0.717) is 19.6 Å². The highest BCUT2D eigenvalue weighted by Gasteiger charge is 2.18. The maximum atomic E-state index is 11.9. The van der Waals surface area contributed by atoms with Gasteiger partial charge in [0.05, 0.1) is 6.33 Å². The minimum Gasteiger partial charge on any atom is -0.385 e. The van der Waals surface area contributed by atoms with Crippen LogP contribution in [0.1, 0.15) is 19.4 Å². The molecule has 0 fully saturated rings. The number of hydrogen-bond acceptors (Lipinski definition) is 4. The van der Waals surface area contributed by atoms with Crippen molar-refractivity contribution in [1.29, 1.82) is 0 Å². The molecule has 0 radical (unpaired) electrons. The zero-order chi connectivity index (χ0) is 14.4. The van der Waals surface area contributed by atoms with E-state index in [0.717, 1.165) is 0 Å². The standard InChI is InChI=1S/C11H15BrClN3O3/c1-7(10(17)14-4-3-5-19-2)16-6-15-9(13)8(12)11(16)18/h6-7H,3-5H2,1-2H3,(H,14,17). The van der Waals surface area contributed by atoms with Crippen LogP contribution >= 0.6 is 27.5 Å². The van der Waals surface area contributed by atoms with Gasteiger partial charge in [-0.1, -0.05) is 11.6 Å². The smallest absolute Gasteiger partial charge is 0.269 e. The molecule has 0 aliphatic heterocycles. The Morgan fingerprint density at radius 2 is 2.37 bits per heavy atom. The molecular formula is C11H15BrClN3O3. The first kappa shape index (κ1) is 16.1. The third kappa shape index (κ3) is 4.29. The van der Waals surface area contributed by atoms with Gasteiger partial charge in [-0.05, 0) is 29.3 Å². The van der Waals surface area contributed by atoms with E-state index in [-0.39, 0.29) is 21.1 Å². The molecule has 6 nitrogen and oxygen atoms in total. The molecule has 1 heterocycles. The van der Waals surface area contributed by atoms with Gasteiger partial charge in [-0.25, -0.2) is 4.98 Å². The molecule has 0 spiro atoms. The second-order valence-corrected chi connectivity index (χ2v) is 5.03. The lowest BCUT2D eigenvalue weighted by atomic mass is 10.3. The van der Waals surface area contributed by atoms with Crippen molar-refractivity contribution in [3.05, 3.63) is 26.3 Å². The van der Waals surface area contributed by atoms with Gasteiger partial charge in [0, 0.05) is 20.3 Å². The van der Waals surface area contributed by atoms with Crippen LogP contribution in [-0.2, 0) is 9.53 Å². The zero-order valence-electron chi connectivity index (χ0n) is 10.7. The van der Waals surface area contributed by atoms with E-state index in [2.05, 4.69) is 26.2 Å². The molecule has 0 saturated carbocycles. The number of ether oxygens (including phenoxy) is 1. The molecule has 1 rings (SSSR count). The van der Waals surface area contributed by atoms with E-state index in [1.807, 2.05) is 0 Å². The average molecular weight is 353 g/mol. The molecule has 106 valence electrons. The Morgan fingerprint density at radius 3 is 3.00 bits per heavy atom. The third-order valence-electron chi connectivity index (χ3n) is 2.52. The van der Waals surface area contributed by atoms with Crippen molar-refractivity contribution >= 4 is 33.4 Å². The van der Waals surface area contributed by atoms with Gasteiger partial charge >= 0.3 is 0 Å². The van der Waals surface area contributed by atoms with Crippen molar-refractivity contribution in [3.8, 4) is 0 Å². The summed E-state index contributed by atoms with van der Waals surface area (Å²) in [5.41, 5.74) is -0.389. The minimum atomic E-state index is -0.656. The Balaban J connectivity index is 2.72. The Morgan fingerprint density at radius 1 is 1.68 bits per heavy atom. The van der Waals surface area contributed by atoms with E-state index >= 15 is 0 Å². The molecule has 0 bridgehead atoms. The molecule has 1 aromatic rings. The fourth-order valence-corrected chi connectivity index (χ4v) is 1.83. The molecule has 0 aliphatic carbocycles. The van der Waals surface area contributed by atoms with Gasteiger partial charge in [-0.15, -0.1) is 0 Å². The number of nitrogens with zero attached hydrogens (tertiary/aromatic N) is 2. The molecule has 1 aromatic heterocycles. The quantitative estimate of drug-likeness (QED) is 0.620. The number of hydrogen-bond donors (Lipinski definition) is 1. The maximum Gasteiger partial charge on any atom is 0.269 e. The van der Waals surface area contributed by atoms with E-state index in [9.17, 15) is 9.59 Å². The van der Waals surface area contributed by atoms with Crippen molar-refractivity contribution in [2.75, 3.05) is 20.3 Å². The summed E-state index contributed by atoms with van der Waals surface area (Å²) in [4.78, 5) is 27.6. The highest BCUT2D eigenvalue weighted by molar-refractivity contribution is 9.10. The molecular weight excluding hydrogens is 337 g/mol. The fourth-order valence-electron chi connectivity index (χ4n) is 1.40. The average Bonchev–Trinajstić information content (AvgIpc) is 2.40. The Labute approximate surface area is 124 Å². The summed E-state index contributed by atoms with van der Waals surface area (Å²) < 4.78 is 6.25. The van der Waals surface area contributed by atoms with Crippen LogP contribution in [0, 0.1) is 0 Å². The predicted molar refractivity (Wildman–Crippen MR) is 75.4 cm³/mol. The zero-order valence-corrected chi connectivity index (χ0v) is 13.0. The van der Waals surface area contributed by atoms with Gasteiger partial charge in [-0.2, -0.15) is 0 Å². The number of amides is 1. The van der Waals surface area contributed by atoms with Crippen molar-refractivity contribution < 1.29 is 9.53 Å². The summed E-state index contributed by atoms with van der Waals surface area (Å²) in [6.07, 6.45) is 1.97. The molecule has 1 unspecified atom stereocenters. The van der Waals surface area contributed by atoms with Crippen LogP contribution < -0.4 is 10.9 Å². The van der Waals surface area contributed by atoms with E-state index < -0.39 is 6.04 Å². The first-order valence-corrected chi connectivity index (χ1v) is 6.85. The normalized spacial score (nSPS) is 12.2. The highest BCUT2D eigenvalue weighted by atomic mass is 79.9. The lowest BCUT2D eigenvalue weighted by molar-refractivity contribution is -0.124. The van der Waals surface area contributed by atoms with Crippen molar-refractivity contribution in [2.45, 2.75) is 19.4 Å². The summed E-state index contributed by atoms with van der Waals surface area (Å²) in [6, 6.07) is -0.656. The molecule has 1 N–H and O–H groups in total. The number of methoxy groups -OCH3 is 1. The monoisotopic (exact) mass is 351 g/mol. The van der Waals surface area contributed by atoms with Crippen LogP contribution in [0.4, 0.5) is 0 Å². The van der Waals surface area contributed by atoms with Crippen molar-refractivity contribution in [1.82, 2.24) is 14.9 Å². The van der Waals surface area contributed by atoms with Crippen LogP contribution in [0.3, 0.4) is 0 Å². The first-order valence-electron chi connectivity index (χ1n) is 5.67. The van der Waals surface area contributed by atoms with Gasteiger partial charge in [0.15, 0.2) is 5.15 Å². The molecule has 1 amide bonds. The Bertz CT molecular complexity index is 506. The largest absolute Gasteiger partial charge is 0.385 e. The summed E-state index contributed by atoms with van der Waals surface area (Å²) in [5, 5.41) is 2.80. The lowest BCUT2D eigenvalue weighted by Crippen LogP contribution is -2.36. The minimum absolute atomic E-state index is 0.0777. The van der Waals surface area contributed by atoms with Crippen LogP contribution in [0.2, 0.25) is 5.15 Å². The molecule has 0 aromatic carbocycles. The second-order valence-electron chi connectivity index (χ2n) is 3.88. The Kier molecular flexibility index (Phi) is 6.47. The third-order valence-corrected chi connectivity index (χ3v) is 3.75. The van der Waals surface area contributed by atoms with E-state index in [4.69, 9.17) is 16.3 Å². The van der Waals surface area contributed by atoms with Gasteiger partial charge in [0.1, 0.15) is 10.5 Å². The summed E-state index contributed by atoms with van der Waals surface area (Å²) >= 11 is 8.75. The van der Waals surface area contributed by atoms with Crippen LogP contribution in [0.15, 0.2) is 15.6 Å². The van der Waals surface area contributed by atoms with Crippen LogP contribution in [0.25, 0.3) is 0 Å². The van der Waals surface area contributed by atoms with Gasteiger partial charge in [-0.3, -0.25) is 14.2 Å². The number of nitrogens with one attached hydrogen (secondary N) is 1. The summed E-state index contributed by atoms with van der Waals surface area (Å²) in [6.45, 7) is 2.69. The number of carbonyl (C=O) groups is 1. The highest BCUT2D eigenvalue weighted by Crippen LogP contribution is 2.15. The van der Waals surface area contributed by atoms with Gasteiger partial charge in [0.2, 0.25) is 5.91 Å². The lowest BCUT2D eigenvalue weighted by Gasteiger charge is -2.15.